The zero-order chi connectivity index (χ0) is 14.4. The molecule has 1 aromatic carbocycles. The Labute approximate surface area is 116 Å². The van der Waals surface area contributed by atoms with Gasteiger partial charge >= 0.3 is 6.61 Å². The number of carbonyl (C=O) groups is 1. The first-order valence-corrected chi connectivity index (χ1v) is 6.64. The van der Waals surface area contributed by atoms with Gasteiger partial charge in [0, 0.05) is 13.0 Å². The maximum atomic E-state index is 12.0. The first-order valence-electron chi connectivity index (χ1n) is 6.64. The Bertz CT molecular complexity index is 433. The maximum absolute atomic E-state index is 12.0. The predicted octanol–water partition coefficient (Wildman–Crippen LogP) is 1.56. The molecule has 2 rings (SSSR count). The molecule has 0 radical (unpaired) electrons. The van der Waals surface area contributed by atoms with Gasteiger partial charge in [-0.2, -0.15) is 8.78 Å². The zero-order valence-electron chi connectivity index (χ0n) is 11.1. The largest absolute Gasteiger partial charge is 0.435 e. The van der Waals surface area contributed by atoms with Crippen molar-refractivity contribution in [3.05, 3.63) is 29.8 Å². The van der Waals surface area contributed by atoms with Crippen molar-refractivity contribution >= 4 is 5.91 Å². The van der Waals surface area contributed by atoms with Crippen molar-refractivity contribution in [2.75, 3.05) is 19.6 Å². The van der Waals surface area contributed by atoms with Gasteiger partial charge in [0.1, 0.15) is 5.75 Å². The van der Waals surface area contributed by atoms with Gasteiger partial charge in [-0.1, -0.05) is 12.1 Å². The van der Waals surface area contributed by atoms with E-state index in [0.717, 1.165) is 18.7 Å². The Kier molecular flexibility index (Phi) is 5.29. The zero-order valence-corrected chi connectivity index (χ0v) is 11.1. The van der Waals surface area contributed by atoms with Gasteiger partial charge in [-0.3, -0.25) is 4.79 Å². The van der Waals surface area contributed by atoms with Crippen LogP contribution in [0, 0.1) is 5.92 Å². The molecule has 1 heterocycles. The topological polar surface area (TPSA) is 50.4 Å². The highest BCUT2D eigenvalue weighted by molar-refractivity contribution is 5.76. The molecule has 1 aliphatic heterocycles. The number of carbonyl (C=O) groups excluding carboxylic acids is 1. The second kappa shape index (κ2) is 7.19. The van der Waals surface area contributed by atoms with E-state index in [1.165, 1.54) is 12.1 Å². The van der Waals surface area contributed by atoms with E-state index in [0.29, 0.717) is 25.3 Å². The van der Waals surface area contributed by atoms with Crippen molar-refractivity contribution in [2.45, 2.75) is 19.5 Å². The van der Waals surface area contributed by atoms with Gasteiger partial charge < -0.3 is 15.4 Å². The van der Waals surface area contributed by atoms with Crippen molar-refractivity contribution in [1.29, 1.82) is 0 Å². The average molecular weight is 284 g/mol. The highest BCUT2D eigenvalue weighted by atomic mass is 19.3. The molecule has 4 nitrogen and oxygen atoms in total. The number of benzene rings is 1. The van der Waals surface area contributed by atoms with E-state index in [1.54, 1.807) is 12.1 Å². The number of hydrogen-bond acceptors (Lipinski definition) is 3. The number of amides is 1. The number of halogens is 2. The van der Waals surface area contributed by atoms with Crippen LogP contribution >= 0.6 is 0 Å². The van der Waals surface area contributed by atoms with E-state index in [-0.39, 0.29) is 11.7 Å². The Balaban J connectivity index is 1.66. The maximum Gasteiger partial charge on any atom is 0.387 e. The Morgan fingerprint density at radius 2 is 2.05 bits per heavy atom. The van der Waals surface area contributed by atoms with Gasteiger partial charge in [-0.25, -0.2) is 0 Å². The number of ether oxygens (including phenoxy) is 1. The van der Waals surface area contributed by atoms with Crippen molar-refractivity contribution in [1.82, 2.24) is 10.6 Å². The fourth-order valence-corrected chi connectivity index (χ4v) is 2.01. The Hall–Kier alpha value is -1.69. The van der Waals surface area contributed by atoms with Gasteiger partial charge in [-0.05, 0) is 43.1 Å². The highest BCUT2D eigenvalue weighted by Gasteiger charge is 2.19. The summed E-state index contributed by atoms with van der Waals surface area (Å²) in [6.07, 6.45) is 1.23. The Morgan fingerprint density at radius 1 is 1.35 bits per heavy atom. The summed E-state index contributed by atoms with van der Waals surface area (Å²) in [4.78, 5) is 11.6. The molecule has 1 saturated heterocycles. The molecular weight excluding hydrogens is 266 g/mol. The fraction of sp³-hybridized carbons (Fsp3) is 0.500. The first-order chi connectivity index (χ1) is 9.63. The number of rotatable bonds is 7. The molecule has 1 aliphatic rings. The van der Waals surface area contributed by atoms with Gasteiger partial charge in [0.05, 0.1) is 0 Å². The first kappa shape index (κ1) is 14.7. The lowest BCUT2D eigenvalue weighted by Crippen LogP contribution is -2.44. The van der Waals surface area contributed by atoms with Crippen LogP contribution in [0.4, 0.5) is 8.78 Å². The molecule has 0 bridgehead atoms. The molecular formula is C14H18F2N2O2. The molecule has 1 aromatic rings. The van der Waals surface area contributed by atoms with E-state index in [9.17, 15) is 13.6 Å². The standard InChI is InChI=1S/C14H18F2N2O2/c15-14(16)20-12-3-1-10(2-4-12)5-6-18-13(19)7-11-8-17-9-11/h1-4,11,14,17H,5-9H2,(H,18,19). The SMILES string of the molecule is O=C(CC1CNC1)NCCc1ccc(OC(F)F)cc1. The van der Waals surface area contributed by atoms with Crippen LogP contribution in [0.5, 0.6) is 5.75 Å². The summed E-state index contributed by atoms with van der Waals surface area (Å²) in [6, 6.07) is 6.45. The molecule has 1 fully saturated rings. The molecule has 0 spiro atoms. The molecule has 0 atom stereocenters. The smallest absolute Gasteiger partial charge is 0.387 e. The second-order valence-electron chi connectivity index (χ2n) is 4.85. The van der Waals surface area contributed by atoms with Crippen molar-refractivity contribution < 1.29 is 18.3 Å². The quantitative estimate of drug-likeness (QED) is 0.799. The Morgan fingerprint density at radius 3 is 2.60 bits per heavy atom. The van der Waals surface area contributed by atoms with E-state index >= 15 is 0 Å². The van der Waals surface area contributed by atoms with Crippen molar-refractivity contribution in [2.24, 2.45) is 5.92 Å². The monoisotopic (exact) mass is 284 g/mol. The molecule has 0 unspecified atom stereocenters. The number of alkyl halides is 2. The lowest BCUT2D eigenvalue weighted by atomic mass is 9.99. The summed E-state index contributed by atoms with van der Waals surface area (Å²) < 4.78 is 28.2. The third-order valence-corrected chi connectivity index (χ3v) is 3.22. The summed E-state index contributed by atoms with van der Waals surface area (Å²) in [6.45, 7) is -0.423. The van der Waals surface area contributed by atoms with Gasteiger partial charge in [0.25, 0.3) is 0 Å². The molecule has 20 heavy (non-hydrogen) atoms. The van der Waals surface area contributed by atoms with Crippen LogP contribution in [0.25, 0.3) is 0 Å². The molecule has 0 aromatic heterocycles. The molecule has 0 aliphatic carbocycles. The molecule has 6 heteroatoms. The van der Waals surface area contributed by atoms with Crippen molar-refractivity contribution in [3.63, 3.8) is 0 Å². The molecule has 2 N–H and O–H groups in total. The van der Waals surface area contributed by atoms with E-state index in [1.807, 2.05) is 0 Å². The van der Waals surface area contributed by atoms with Crippen LogP contribution in [0.15, 0.2) is 24.3 Å². The van der Waals surface area contributed by atoms with Gasteiger partial charge in [0.15, 0.2) is 0 Å². The minimum Gasteiger partial charge on any atom is -0.435 e. The lowest BCUT2D eigenvalue weighted by molar-refractivity contribution is -0.122. The summed E-state index contributed by atoms with van der Waals surface area (Å²) >= 11 is 0. The number of nitrogens with one attached hydrogen (secondary N) is 2. The second-order valence-corrected chi connectivity index (χ2v) is 4.85. The van der Waals surface area contributed by atoms with E-state index < -0.39 is 6.61 Å². The van der Waals surface area contributed by atoms with Crippen LogP contribution < -0.4 is 15.4 Å². The molecule has 110 valence electrons. The van der Waals surface area contributed by atoms with Crippen LogP contribution in [-0.4, -0.2) is 32.2 Å². The summed E-state index contributed by atoms with van der Waals surface area (Å²) in [5.74, 6) is 0.667. The third kappa shape index (κ3) is 4.77. The lowest BCUT2D eigenvalue weighted by Gasteiger charge is -2.26. The van der Waals surface area contributed by atoms with Gasteiger partial charge in [0.2, 0.25) is 5.91 Å². The minimum absolute atomic E-state index is 0.0640. The summed E-state index contributed by atoms with van der Waals surface area (Å²) in [7, 11) is 0. The van der Waals surface area contributed by atoms with Crippen LogP contribution in [-0.2, 0) is 11.2 Å². The molecule has 1 amide bonds. The van der Waals surface area contributed by atoms with E-state index in [4.69, 9.17) is 0 Å². The minimum atomic E-state index is -2.80. The molecule has 0 saturated carbocycles. The normalized spacial score (nSPS) is 14.9. The predicted molar refractivity (Wildman–Crippen MR) is 70.8 cm³/mol. The number of hydrogen-bond donors (Lipinski definition) is 2. The summed E-state index contributed by atoms with van der Waals surface area (Å²) in [5.41, 5.74) is 0.970. The fourth-order valence-electron chi connectivity index (χ4n) is 2.01. The van der Waals surface area contributed by atoms with Crippen LogP contribution in [0.2, 0.25) is 0 Å². The average Bonchev–Trinajstić information content (AvgIpc) is 2.35. The van der Waals surface area contributed by atoms with Crippen LogP contribution in [0.3, 0.4) is 0 Å². The summed E-state index contributed by atoms with van der Waals surface area (Å²) in [5, 5.41) is 5.98. The van der Waals surface area contributed by atoms with E-state index in [2.05, 4.69) is 15.4 Å². The highest BCUT2D eigenvalue weighted by Crippen LogP contribution is 2.15. The van der Waals surface area contributed by atoms with Crippen molar-refractivity contribution in [3.8, 4) is 5.75 Å². The van der Waals surface area contributed by atoms with Crippen LogP contribution in [0.1, 0.15) is 12.0 Å². The van der Waals surface area contributed by atoms with Gasteiger partial charge in [-0.15, -0.1) is 0 Å². The third-order valence-electron chi connectivity index (χ3n) is 3.22.